The number of rotatable bonds is 2. The Morgan fingerprint density at radius 2 is 1.56 bits per heavy atom. The van der Waals surface area contributed by atoms with Crippen LogP contribution in [-0.2, 0) is 11.3 Å². The molecule has 2 heterocycles. The van der Waals surface area contributed by atoms with Crippen LogP contribution in [0.2, 0.25) is 0 Å². The molecule has 2 fully saturated rings. The van der Waals surface area contributed by atoms with E-state index >= 15 is 0 Å². The van der Waals surface area contributed by atoms with E-state index in [-0.39, 0.29) is 6.09 Å². The predicted octanol–water partition coefficient (Wildman–Crippen LogP) is 4.30. The maximum Gasteiger partial charge on any atom is 0.410 e. The summed E-state index contributed by atoms with van der Waals surface area (Å²) < 4.78 is 5.52. The quantitative estimate of drug-likeness (QED) is 0.802. The maximum atomic E-state index is 12.2. The van der Waals surface area contributed by atoms with Crippen molar-refractivity contribution in [3.05, 3.63) is 35.9 Å². The van der Waals surface area contributed by atoms with Gasteiger partial charge in [-0.1, -0.05) is 30.3 Å². The fourth-order valence-corrected chi connectivity index (χ4v) is 4.02. The number of piperidine rings is 2. The lowest BCUT2D eigenvalue weighted by molar-refractivity contribution is -0.00311. The van der Waals surface area contributed by atoms with Gasteiger partial charge in [0.1, 0.15) is 5.60 Å². The first kappa shape index (κ1) is 18.2. The fraction of sp³-hybridized carbons (Fsp3) is 0.667. The van der Waals surface area contributed by atoms with Crippen LogP contribution < -0.4 is 0 Å². The Morgan fingerprint density at radius 3 is 2.12 bits per heavy atom. The average Bonchev–Trinajstić information content (AvgIpc) is 2.57. The highest BCUT2D eigenvalue weighted by Crippen LogP contribution is 2.41. The topological polar surface area (TPSA) is 32.8 Å². The van der Waals surface area contributed by atoms with Crippen LogP contribution >= 0.6 is 0 Å². The molecule has 1 amide bonds. The Bertz CT molecular complexity index is 561. The van der Waals surface area contributed by atoms with Crippen molar-refractivity contribution in [3.8, 4) is 0 Å². The van der Waals surface area contributed by atoms with Gasteiger partial charge in [-0.15, -0.1) is 0 Å². The lowest BCUT2D eigenvalue weighted by Crippen LogP contribution is -2.49. The number of amides is 1. The third-order valence-electron chi connectivity index (χ3n) is 5.64. The molecule has 138 valence electrons. The van der Waals surface area contributed by atoms with Crippen molar-refractivity contribution in [1.82, 2.24) is 9.80 Å². The molecular weight excluding hydrogens is 312 g/mol. The van der Waals surface area contributed by atoms with E-state index in [2.05, 4.69) is 35.2 Å². The largest absolute Gasteiger partial charge is 0.444 e. The number of hydrogen-bond acceptors (Lipinski definition) is 3. The summed E-state index contributed by atoms with van der Waals surface area (Å²) in [5.41, 5.74) is 1.43. The molecule has 0 saturated carbocycles. The first-order valence-corrected chi connectivity index (χ1v) is 9.60. The van der Waals surface area contributed by atoms with Gasteiger partial charge in [-0.05, 0) is 70.5 Å². The van der Waals surface area contributed by atoms with Gasteiger partial charge in [0.2, 0.25) is 0 Å². The van der Waals surface area contributed by atoms with Gasteiger partial charge in [-0.3, -0.25) is 4.90 Å². The van der Waals surface area contributed by atoms with Crippen molar-refractivity contribution >= 4 is 6.09 Å². The lowest BCUT2D eigenvalue weighted by atomic mass is 9.71. The molecule has 1 spiro atoms. The number of carbonyl (C=O) groups excluding carboxylic acids is 1. The van der Waals surface area contributed by atoms with E-state index in [0.29, 0.717) is 5.41 Å². The fourth-order valence-electron chi connectivity index (χ4n) is 4.02. The summed E-state index contributed by atoms with van der Waals surface area (Å²) in [5.74, 6) is 0. The summed E-state index contributed by atoms with van der Waals surface area (Å²) in [7, 11) is 0. The minimum atomic E-state index is -0.408. The standard InChI is InChI=1S/C21H32N2O2/c1-20(2,3)25-19(24)23-15-11-21(12-16-23)9-13-22(14-10-21)17-18-7-5-4-6-8-18/h4-8H,9-17H2,1-3H3. The van der Waals surface area contributed by atoms with Crippen molar-refractivity contribution in [2.75, 3.05) is 26.2 Å². The lowest BCUT2D eigenvalue weighted by Gasteiger charge is -2.46. The van der Waals surface area contributed by atoms with Crippen molar-refractivity contribution in [2.24, 2.45) is 5.41 Å². The van der Waals surface area contributed by atoms with Gasteiger partial charge < -0.3 is 9.64 Å². The average molecular weight is 344 g/mol. The molecule has 1 aromatic carbocycles. The van der Waals surface area contributed by atoms with Gasteiger partial charge in [-0.2, -0.15) is 0 Å². The van der Waals surface area contributed by atoms with Crippen LogP contribution in [0.4, 0.5) is 4.79 Å². The zero-order valence-electron chi connectivity index (χ0n) is 16.0. The summed E-state index contributed by atoms with van der Waals surface area (Å²) in [5, 5.41) is 0. The molecular formula is C21H32N2O2. The second-order valence-corrected chi connectivity index (χ2v) is 8.73. The Hall–Kier alpha value is -1.55. The van der Waals surface area contributed by atoms with Crippen molar-refractivity contribution < 1.29 is 9.53 Å². The van der Waals surface area contributed by atoms with E-state index in [1.165, 1.54) is 31.5 Å². The van der Waals surface area contributed by atoms with Gasteiger partial charge in [0.25, 0.3) is 0 Å². The number of carbonyl (C=O) groups is 1. The van der Waals surface area contributed by atoms with Crippen LogP contribution in [0.15, 0.2) is 30.3 Å². The molecule has 25 heavy (non-hydrogen) atoms. The summed E-state index contributed by atoms with van der Waals surface area (Å²) in [6.07, 6.45) is 4.59. The third-order valence-corrected chi connectivity index (χ3v) is 5.64. The zero-order chi connectivity index (χ0) is 17.9. The molecule has 0 atom stereocenters. The molecule has 4 nitrogen and oxygen atoms in total. The minimum absolute atomic E-state index is 0.149. The molecule has 0 bridgehead atoms. The molecule has 2 saturated heterocycles. The van der Waals surface area contributed by atoms with E-state index in [1.807, 2.05) is 25.7 Å². The number of hydrogen-bond donors (Lipinski definition) is 0. The van der Waals surface area contributed by atoms with Crippen LogP contribution in [0.3, 0.4) is 0 Å². The predicted molar refractivity (Wildman–Crippen MR) is 100 cm³/mol. The number of ether oxygens (including phenoxy) is 1. The highest BCUT2D eigenvalue weighted by molar-refractivity contribution is 5.68. The van der Waals surface area contributed by atoms with Gasteiger partial charge in [0.15, 0.2) is 0 Å². The molecule has 2 aliphatic rings. The molecule has 4 heteroatoms. The van der Waals surface area contributed by atoms with E-state index in [1.54, 1.807) is 0 Å². The first-order chi connectivity index (χ1) is 11.9. The SMILES string of the molecule is CC(C)(C)OC(=O)N1CCC2(CCN(Cc3ccccc3)CC2)CC1. The van der Waals surface area contributed by atoms with Gasteiger partial charge in [0.05, 0.1) is 0 Å². The second-order valence-electron chi connectivity index (χ2n) is 8.73. The van der Waals surface area contributed by atoms with E-state index in [4.69, 9.17) is 4.74 Å². The van der Waals surface area contributed by atoms with E-state index < -0.39 is 5.60 Å². The second kappa shape index (κ2) is 7.36. The van der Waals surface area contributed by atoms with E-state index in [0.717, 1.165) is 32.5 Å². The third kappa shape index (κ3) is 4.97. The van der Waals surface area contributed by atoms with Gasteiger partial charge in [-0.25, -0.2) is 4.79 Å². The summed E-state index contributed by atoms with van der Waals surface area (Å²) in [6, 6.07) is 10.7. The minimum Gasteiger partial charge on any atom is -0.444 e. The van der Waals surface area contributed by atoms with Crippen LogP contribution in [0.5, 0.6) is 0 Å². The number of benzene rings is 1. The normalized spacial score (nSPS) is 21.3. The van der Waals surface area contributed by atoms with E-state index in [9.17, 15) is 4.79 Å². The van der Waals surface area contributed by atoms with Crippen LogP contribution in [0.1, 0.15) is 52.0 Å². The Balaban J connectivity index is 1.46. The first-order valence-electron chi connectivity index (χ1n) is 9.60. The number of nitrogens with zero attached hydrogens (tertiary/aromatic N) is 2. The zero-order valence-corrected chi connectivity index (χ0v) is 16.0. The smallest absolute Gasteiger partial charge is 0.410 e. The monoisotopic (exact) mass is 344 g/mol. The van der Waals surface area contributed by atoms with Crippen molar-refractivity contribution in [1.29, 1.82) is 0 Å². The molecule has 0 unspecified atom stereocenters. The molecule has 0 radical (unpaired) electrons. The molecule has 0 N–H and O–H groups in total. The summed E-state index contributed by atoms with van der Waals surface area (Å²) in [6.45, 7) is 10.9. The van der Waals surface area contributed by atoms with Crippen LogP contribution in [-0.4, -0.2) is 47.7 Å². The van der Waals surface area contributed by atoms with Gasteiger partial charge in [0, 0.05) is 19.6 Å². The highest BCUT2D eigenvalue weighted by Gasteiger charge is 2.39. The number of likely N-dealkylation sites (tertiary alicyclic amines) is 2. The summed E-state index contributed by atoms with van der Waals surface area (Å²) >= 11 is 0. The van der Waals surface area contributed by atoms with Crippen LogP contribution in [0.25, 0.3) is 0 Å². The van der Waals surface area contributed by atoms with Crippen molar-refractivity contribution in [3.63, 3.8) is 0 Å². The Morgan fingerprint density at radius 1 is 1.00 bits per heavy atom. The Kier molecular flexibility index (Phi) is 5.38. The molecule has 2 aliphatic heterocycles. The van der Waals surface area contributed by atoms with Crippen LogP contribution in [0, 0.1) is 5.41 Å². The Labute approximate surface area is 152 Å². The summed E-state index contributed by atoms with van der Waals surface area (Å²) in [4.78, 5) is 16.7. The maximum absolute atomic E-state index is 12.2. The molecule has 0 aromatic heterocycles. The van der Waals surface area contributed by atoms with Crippen molar-refractivity contribution in [2.45, 2.75) is 58.6 Å². The molecule has 3 rings (SSSR count). The van der Waals surface area contributed by atoms with Gasteiger partial charge >= 0.3 is 6.09 Å². The highest BCUT2D eigenvalue weighted by atomic mass is 16.6. The molecule has 1 aromatic rings. The molecule has 0 aliphatic carbocycles.